The number of hydrogen-bond acceptors (Lipinski definition) is 8. The predicted octanol–water partition coefficient (Wildman–Crippen LogP) is 1.35. The van der Waals surface area contributed by atoms with Crippen LogP contribution in [0.2, 0.25) is 0 Å². The maximum Gasteiger partial charge on any atom is 0.343 e. The van der Waals surface area contributed by atoms with Crippen LogP contribution in [-0.2, 0) is 22.6 Å². The molecule has 3 aromatic rings. The van der Waals surface area contributed by atoms with E-state index in [1.807, 2.05) is 36.4 Å². The SMILES string of the molecule is CC(C)[C@H](Cc1ccc2[nH]cc(OC(=O)[C@@H]3O[C@@](O)(CO)[C@H](O)[C@H]3O)c2c1)c1cccc(CO)c1. The molecule has 5 atom stereocenters. The van der Waals surface area contributed by atoms with Crippen LogP contribution in [0.1, 0.15) is 36.5 Å². The first-order valence-electron chi connectivity index (χ1n) is 11.6. The third-order valence-electron chi connectivity index (χ3n) is 6.63. The van der Waals surface area contributed by atoms with E-state index in [0.29, 0.717) is 11.3 Å². The summed E-state index contributed by atoms with van der Waals surface area (Å²) in [6.45, 7) is 3.28. The van der Waals surface area contributed by atoms with Gasteiger partial charge in [0, 0.05) is 17.1 Å². The molecule has 1 fully saturated rings. The summed E-state index contributed by atoms with van der Waals surface area (Å²) >= 11 is 0. The van der Waals surface area contributed by atoms with Gasteiger partial charge >= 0.3 is 5.97 Å². The van der Waals surface area contributed by atoms with Crippen LogP contribution in [0.15, 0.2) is 48.7 Å². The third kappa shape index (κ3) is 4.97. The van der Waals surface area contributed by atoms with Gasteiger partial charge in [-0.15, -0.1) is 0 Å². The van der Waals surface area contributed by atoms with Crippen LogP contribution in [0, 0.1) is 5.92 Å². The van der Waals surface area contributed by atoms with E-state index >= 15 is 0 Å². The summed E-state index contributed by atoms with van der Waals surface area (Å²) in [7, 11) is 0. The van der Waals surface area contributed by atoms with Crippen LogP contribution in [0.25, 0.3) is 10.9 Å². The Labute approximate surface area is 202 Å². The van der Waals surface area contributed by atoms with E-state index in [4.69, 9.17) is 9.47 Å². The molecule has 1 aliphatic rings. The number of aromatic nitrogens is 1. The Balaban J connectivity index is 1.56. The van der Waals surface area contributed by atoms with Crippen molar-refractivity contribution in [2.45, 2.75) is 56.9 Å². The van der Waals surface area contributed by atoms with Gasteiger partial charge in [-0.25, -0.2) is 4.79 Å². The lowest BCUT2D eigenvalue weighted by Crippen LogP contribution is -2.46. The van der Waals surface area contributed by atoms with E-state index < -0.39 is 36.7 Å². The molecule has 1 saturated heterocycles. The second-order valence-electron chi connectivity index (χ2n) is 9.39. The summed E-state index contributed by atoms with van der Waals surface area (Å²) in [6.07, 6.45) is -3.06. The Kier molecular flexibility index (Phi) is 7.27. The number of aromatic amines is 1. The largest absolute Gasteiger partial charge is 0.422 e. The van der Waals surface area contributed by atoms with Crippen molar-refractivity contribution in [2.24, 2.45) is 5.92 Å². The number of ether oxygens (including phenoxy) is 2. The lowest BCUT2D eigenvalue weighted by molar-refractivity contribution is -0.246. The van der Waals surface area contributed by atoms with Gasteiger partial charge in [-0.05, 0) is 47.1 Å². The van der Waals surface area contributed by atoms with Crippen LogP contribution >= 0.6 is 0 Å². The normalized spacial score (nSPS) is 25.3. The Morgan fingerprint density at radius 3 is 2.57 bits per heavy atom. The minimum absolute atomic E-state index is 0.0190. The monoisotopic (exact) mass is 485 g/mol. The quantitative estimate of drug-likeness (QED) is 0.262. The molecule has 188 valence electrons. The average Bonchev–Trinajstić information content (AvgIpc) is 3.36. The molecule has 0 spiro atoms. The molecule has 2 heterocycles. The number of aliphatic hydroxyl groups excluding tert-OH is 4. The van der Waals surface area contributed by atoms with Gasteiger partial charge in [0.15, 0.2) is 11.9 Å². The number of rotatable bonds is 8. The summed E-state index contributed by atoms with van der Waals surface area (Å²) in [5.74, 6) is -2.71. The average molecular weight is 486 g/mol. The number of esters is 1. The van der Waals surface area contributed by atoms with Gasteiger partial charge in [0.2, 0.25) is 5.79 Å². The van der Waals surface area contributed by atoms with E-state index in [0.717, 1.165) is 28.6 Å². The lowest BCUT2D eigenvalue weighted by Gasteiger charge is -2.22. The Morgan fingerprint density at radius 2 is 1.91 bits per heavy atom. The highest BCUT2D eigenvalue weighted by Crippen LogP contribution is 2.34. The Hall–Kier alpha value is -2.79. The summed E-state index contributed by atoms with van der Waals surface area (Å²) in [6, 6.07) is 13.7. The van der Waals surface area contributed by atoms with Gasteiger partial charge in [0.25, 0.3) is 0 Å². The minimum atomic E-state index is -2.45. The molecule has 0 unspecified atom stereocenters. The predicted molar refractivity (Wildman–Crippen MR) is 127 cm³/mol. The van der Waals surface area contributed by atoms with Crippen molar-refractivity contribution >= 4 is 16.9 Å². The standard InChI is InChI=1S/C26H31NO8/c1-14(2)18(17-5-3-4-16(8-17)12-28)9-15-6-7-20-19(10-15)21(11-27-20)34-25(32)23-22(30)24(31)26(33,13-29)35-23/h3-8,10-11,14,18,22-24,27-31,33H,9,12-13H2,1-2H3/t18-,22-,23+,24+,26-/m0/s1. The number of fused-ring (bicyclic) bond motifs is 1. The maximum atomic E-state index is 12.7. The molecule has 1 aliphatic heterocycles. The maximum absolute atomic E-state index is 12.7. The van der Waals surface area contributed by atoms with Crippen LogP contribution in [0.4, 0.5) is 0 Å². The van der Waals surface area contributed by atoms with Crippen molar-refractivity contribution in [1.82, 2.24) is 4.98 Å². The highest BCUT2D eigenvalue weighted by Gasteiger charge is 2.56. The molecule has 2 aromatic carbocycles. The van der Waals surface area contributed by atoms with Crippen molar-refractivity contribution in [2.75, 3.05) is 6.61 Å². The Morgan fingerprint density at radius 1 is 1.14 bits per heavy atom. The third-order valence-corrected chi connectivity index (χ3v) is 6.63. The highest BCUT2D eigenvalue weighted by molar-refractivity contribution is 5.90. The zero-order chi connectivity index (χ0) is 25.3. The van der Waals surface area contributed by atoms with Crippen molar-refractivity contribution < 1.29 is 39.8 Å². The molecule has 35 heavy (non-hydrogen) atoms. The molecule has 4 rings (SSSR count). The highest BCUT2D eigenvalue weighted by atomic mass is 16.7. The van der Waals surface area contributed by atoms with E-state index in [1.165, 1.54) is 6.20 Å². The zero-order valence-electron chi connectivity index (χ0n) is 19.6. The van der Waals surface area contributed by atoms with Crippen LogP contribution in [0.3, 0.4) is 0 Å². The Bertz CT molecular complexity index is 1190. The number of nitrogens with one attached hydrogen (secondary N) is 1. The number of carbonyl (C=O) groups excluding carboxylic acids is 1. The van der Waals surface area contributed by atoms with Gasteiger partial charge in [-0.1, -0.05) is 44.2 Å². The molecule has 0 amide bonds. The van der Waals surface area contributed by atoms with Crippen molar-refractivity contribution in [3.8, 4) is 5.75 Å². The van der Waals surface area contributed by atoms with E-state index in [9.17, 15) is 30.3 Å². The van der Waals surface area contributed by atoms with Crippen molar-refractivity contribution in [1.29, 1.82) is 0 Å². The second-order valence-corrected chi connectivity index (χ2v) is 9.39. The van der Waals surface area contributed by atoms with Crippen LogP contribution in [-0.4, -0.2) is 67.2 Å². The molecule has 0 radical (unpaired) electrons. The fourth-order valence-electron chi connectivity index (χ4n) is 4.54. The molecule has 6 N–H and O–H groups in total. The second kappa shape index (κ2) is 10.1. The lowest BCUT2D eigenvalue weighted by atomic mass is 9.83. The molecular weight excluding hydrogens is 454 g/mol. The first-order valence-corrected chi connectivity index (χ1v) is 11.6. The number of H-pyrrole nitrogens is 1. The van der Waals surface area contributed by atoms with Gasteiger partial charge in [0.1, 0.15) is 12.2 Å². The van der Waals surface area contributed by atoms with Gasteiger partial charge < -0.3 is 40.0 Å². The number of aliphatic hydroxyl groups is 5. The van der Waals surface area contributed by atoms with Gasteiger partial charge in [-0.2, -0.15) is 0 Å². The summed E-state index contributed by atoms with van der Waals surface area (Å²) in [5, 5.41) is 49.5. The van der Waals surface area contributed by atoms with Crippen molar-refractivity contribution in [3.05, 3.63) is 65.4 Å². The molecule has 9 nitrogen and oxygen atoms in total. The van der Waals surface area contributed by atoms with Gasteiger partial charge in [-0.3, -0.25) is 0 Å². The molecule has 0 aliphatic carbocycles. The summed E-state index contributed by atoms with van der Waals surface area (Å²) in [5.41, 5.74) is 3.75. The summed E-state index contributed by atoms with van der Waals surface area (Å²) in [4.78, 5) is 15.7. The summed E-state index contributed by atoms with van der Waals surface area (Å²) < 4.78 is 10.5. The molecule has 9 heteroatoms. The molecule has 0 saturated carbocycles. The fraction of sp³-hybridized carbons (Fsp3) is 0.423. The number of carbonyl (C=O) groups is 1. The van der Waals surface area contributed by atoms with Crippen molar-refractivity contribution in [3.63, 3.8) is 0 Å². The van der Waals surface area contributed by atoms with Gasteiger partial charge in [0.05, 0.1) is 13.2 Å². The first kappa shape index (κ1) is 25.3. The first-order chi connectivity index (χ1) is 16.7. The van der Waals surface area contributed by atoms with E-state index in [2.05, 4.69) is 24.9 Å². The topological polar surface area (TPSA) is 152 Å². The van der Waals surface area contributed by atoms with Crippen LogP contribution < -0.4 is 4.74 Å². The number of benzene rings is 2. The molecular formula is C26H31NO8. The van der Waals surface area contributed by atoms with E-state index in [-0.39, 0.29) is 18.3 Å². The minimum Gasteiger partial charge on any atom is -0.422 e. The fourth-order valence-corrected chi connectivity index (χ4v) is 4.54. The zero-order valence-corrected chi connectivity index (χ0v) is 19.6. The van der Waals surface area contributed by atoms with E-state index in [1.54, 1.807) is 0 Å². The smallest absolute Gasteiger partial charge is 0.343 e. The molecule has 1 aromatic heterocycles. The molecule has 0 bridgehead atoms. The van der Waals surface area contributed by atoms with Crippen LogP contribution in [0.5, 0.6) is 5.75 Å². The number of hydrogen-bond donors (Lipinski definition) is 6.